The van der Waals surface area contributed by atoms with Crippen LogP contribution in [-0.2, 0) is 11.3 Å². The molecule has 1 aliphatic rings. The summed E-state index contributed by atoms with van der Waals surface area (Å²) in [6, 6.07) is 3.34. The van der Waals surface area contributed by atoms with E-state index >= 15 is 0 Å². The van der Waals surface area contributed by atoms with Gasteiger partial charge in [-0.15, -0.1) is 0 Å². The van der Waals surface area contributed by atoms with Crippen molar-refractivity contribution in [2.24, 2.45) is 5.84 Å². The van der Waals surface area contributed by atoms with Crippen molar-refractivity contribution in [3.8, 4) is 0 Å². The second-order valence-electron chi connectivity index (χ2n) is 4.70. The molecule has 1 aromatic heterocycles. The standard InChI is InChI=1S/C13H19N5O2/c1-2-11-13(20)15-5-6-18(11)8-10-4-3-9(7-16-10)12(19)17-14/h3-4,7,11H,2,5-6,8,14H2,1H3,(H,15,20)(H,17,19). The molecule has 0 aromatic carbocycles. The predicted octanol–water partition coefficient (Wildman–Crippen LogP) is -0.604. The maximum atomic E-state index is 11.8. The number of nitrogens with one attached hydrogen (secondary N) is 2. The Kier molecular flexibility index (Phi) is 4.65. The van der Waals surface area contributed by atoms with E-state index in [4.69, 9.17) is 5.84 Å². The fraction of sp³-hybridized carbons (Fsp3) is 0.462. The van der Waals surface area contributed by atoms with Gasteiger partial charge < -0.3 is 5.32 Å². The lowest BCUT2D eigenvalue weighted by Gasteiger charge is -2.34. The molecule has 2 heterocycles. The molecular weight excluding hydrogens is 258 g/mol. The Labute approximate surface area is 117 Å². The van der Waals surface area contributed by atoms with E-state index in [1.54, 1.807) is 12.1 Å². The van der Waals surface area contributed by atoms with Crippen molar-refractivity contribution in [1.29, 1.82) is 0 Å². The Bertz CT molecular complexity index is 488. The Morgan fingerprint density at radius 3 is 3.00 bits per heavy atom. The number of nitrogens with zero attached hydrogens (tertiary/aromatic N) is 2. The van der Waals surface area contributed by atoms with E-state index in [9.17, 15) is 9.59 Å². The Morgan fingerprint density at radius 2 is 2.40 bits per heavy atom. The summed E-state index contributed by atoms with van der Waals surface area (Å²) in [5.41, 5.74) is 3.30. The van der Waals surface area contributed by atoms with Gasteiger partial charge in [-0.3, -0.25) is 24.9 Å². The summed E-state index contributed by atoms with van der Waals surface area (Å²) in [5, 5.41) is 2.86. The maximum Gasteiger partial charge on any atom is 0.266 e. The van der Waals surface area contributed by atoms with Gasteiger partial charge >= 0.3 is 0 Å². The molecule has 0 aliphatic carbocycles. The van der Waals surface area contributed by atoms with E-state index in [0.29, 0.717) is 18.7 Å². The quantitative estimate of drug-likeness (QED) is 0.387. The van der Waals surface area contributed by atoms with Crippen LogP contribution in [0.3, 0.4) is 0 Å². The zero-order chi connectivity index (χ0) is 14.5. The third kappa shape index (κ3) is 3.12. The highest BCUT2D eigenvalue weighted by molar-refractivity contribution is 5.93. The van der Waals surface area contributed by atoms with Crippen LogP contribution >= 0.6 is 0 Å². The molecule has 1 atom stereocenters. The van der Waals surface area contributed by atoms with Crippen molar-refractivity contribution < 1.29 is 9.59 Å². The van der Waals surface area contributed by atoms with Gasteiger partial charge in [0.25, 0.3) is 5.91 Å². The summed E-state index contributed by atoms with van der Waals surface area (Å²) in [6.07, 6.45) is 2.25. The molecule has 0 bridgehead atoms. The number of rotatable bonds is 4. The molecule has 1 fully saturated rings. The van der Waals surface area contributed by atoms with Crippen LogP contribution in [0.2, 0.25) is 0 Å². The molecule has 1 aromatic rings. The number of carbonyl (C=O) groups excluding carboxylic acids is 2. The number of amides is 2. The second-order valence-corrected chi connectivity index (χ2v) is 4.70. The van der Waals surface area contributed by atoms with Crippen LogP contribution in [0.1, 0.15) is 29.4 Å². The van der Waals surface area contributed by atoms with Crippen LogP contribution in [-0.4, -0.2) is 40.8 Å². The summed E-state index contributed by atoms with van der Waals surface area (Å²) in [7, 11) is 0. The molecule has 1 saturated heterocycles. The molecule has 2 rings (SSSR count). The molecule has 7 nitrogen and oxygen atoms in total. The van der Waals surface area contributed by atoms with Gasteiger partial charge in [0.1, 0.15) is 0 Å². The van der Waals surface area contributed by atoms with Crippen molar-refractivity contribution in [1.82, 2.24) is 20.6 Å². The number of pyridine rings is 1. The van der Waals surface area contributed by atoms with Gasteiger partial charge in [-0.2, -0.15) is 0 Å². The largest absolute Gasteiger partial charge is 0.353 e. The third-order valence-corrected chi connectivity index (χ3v) is 3.41. The van der Waals surface area contributed by atoms with Gasteiger partial charge in [-0.1, -0.05) is 6.92 Å². The molecule has 0 saturated carbocycles. The van der Waals surface area contributed by atoms with Gasteiger partial charge in [0.2, 0.25) is 5.91 Å². The molecule has 1 unspecified atom stereocenters. The Balaban J connectivity index is 2.05. The fourth-order valence-electron chi connectivity index (χ4n) is 2.34. The van der Waals surface area contributed by atoms with E-state index in [1.165, 1.54) is 6.20 Å². The average Bonchev–Trinajstić information content (AvgIpc) is 2.47. The van der Waals surface area contributed by atoms with Crippen LogP contribution in [0, 0.1) is 0 Å². The number of hydrogen-bond acceptors (Lipinski definition) is 5. The summed E-state index contributed by atoms with van der Waals surface area (Å²) in [5.74, 6) is 4.76. The molecule has 0 radical (unpaired) electrons. The highest BCUT2D eigenvalue weighted by Crippen LogP contribution is 2.12. The van der Waals surface area contributed by atoms with Gasteiger partial charge in [0, 0.05) is 25.8 Å². The lowest BCUT2D eigenvalue weighted by atomic mass is 10.1. The van der Waals surface area contributed by atoms with E-state index in [2.05, 4.69) is 20.6 Å². The molecule has 0 spiro atoms. The molecule has 2 amide bonds. The zero-order valence-electron chi connectivity index (χ0n) is 11.4. The average molecular weight is 277 g/mol. The first kappa shape index (κ1) is 14.4. The van der Waals surface area contributed by atoms with Crippen LogP contribution in [0.25, 0.3) is 0 Å². The first-order chi connectivity index (χ1) is 9.65. The first-order valence-electron chi connectivity index (χ1n) is 6.63. The van der Waals surface area contributed by atoms with Crippen LogP contribution < -0.4 is 16.6 Å². The number of carbonyl (C=O) groups is 2. The van der Waals surface area contributed by atoms with Crippen molar-refractivity contribution in [2.75, 3.05) is 13.1 Å². The molecule has 1 aliphatic heterocycles. The molecule has 20 heavy (non-hydrogen) atoms. The summed E-state index contributed by atoms with van der Waals surface area (Å²) >= 11 is 0. The monoisotopic (exact) mass is 277 g/mol. The number of nitrogen functional groups attached to an aromatic ring is 1. The summed E-state index contributed by atoms with van der Waals surface area (Å²) in [4.78, 5) is 29.4. The number of nitrogens with two attached hydrogens (primary N) is 1. The number of piperazine rings is 1. The van der Waals surface area contributed by atoms with Crippen molar-refractivity contribution >= 4 is 11.8 Å². The van der Waals surface area contributed by atoms with E-state index in [1.807, 2.05) is 6.92 Å². The molecule has 4 N–H and O–H groups in total. The van der Waals surface area contributed by atoms with Crippen LogP contribution in [0.4, 0.5) is 0 Å². The van der Waals surface area contributed by atoms with Crippen LogP contribution in [0.15, 0.2) is 18.3 Å². The number of hydrazine groups is 1. The topological polar surface area (TPSA) is 100 Å². The smallest absolute Gasteiger partial charge is 0.266 e. The summed E-state index contributed by atoms with van der Waals surface area (Å²) in [6.45, 7) is 4.04. The van der Waals surface area contributed by atoms with Crippen molar-refractivity contribution in [2.45, 2.75) is 25.9 Å². The number of hydrogen-bond donors (Lipinski definition) is 3. The normalized spacial score (nSPS) is 19.5. The lowest BCUT2D eigenvalue weighted by Crippen LogP contribution is -2.54. The minimum absolute atomic E-state index is 0.0675. The fourth-order valence-corrected chi connectivity index (χ4v) is 2.34. The van der Waals surface area contributed by atoms with Crippen molar-refractivity contribution in [3.05, 3.63) is 29.6 Å². The third-order valence-electron chi connectivity index (χ3n) is 3.41. The maximum absolute atomic E-state index is 11.8. The molecule has 7 heteroatoms. The first-order valence-corrected chi connectivity index (χ1v) is 6.63. The second kappa shape index (κ2) is 6.44. The number of aromatic nitrogens is 1. The Hall–Kier alpha value is -1.99. The highest BCUT2D eigenvalue weighted by Gasteiger charge is 2.28. The van der Waals surface area contributed by atoms with Gasteiger partial charge in [-0.05, 0) is 18.6 Å². The van der Waals surface area contributed by atoms with Gasteiger partial charge in [0.15, 0.2) is 0 Å². The SMILES string of the molecule is CCC1C(=O)NCCN1Cc1ccc(C(=O)NN)cn1. The van der Waals surface area contributed by atoms with Crippen molar-refractivity contribution in [3.63, 3.8) is 0 Å². The summed E-state index contributed by atoms with van der Waals surface area (Å²) < 4.78 is 0. The minimum Gasteiger partial charge on any atom is -0.353 e. The Morgan fingerprint density at radius 1 is 1.60 bits per heavy atom. The van der Waals surface area contributed by atoms with E-state index in [0.717, 1.165) is 18.7 Å². The zero-order valence-corrected chi connectivity index (χ0v) is 11.4. The lowest BCUT2D eigenvalue weighted by molar-refractivity contribution is -0.129. The highest BCUT2D eigenvalue weighted by atomic mass is 16.2. The minimum atomic E-state index is -0.368. The molecular formula is C13H19N5O2. The van der Waals surface area contributed by atoms with E-state index < -0.39 is 0 Å². The van der Waals surface area contributed by atoms with Gasteiger partial charge in [0.05, 0.1) is 17.3 Å². The predicted molar refractivity (Wildman–Crippen MR) is 73.4 cm³/mol. The molecule has 108 valence electrons. The van der Waals surface area contributed by atoms with E-state index in [-0.39, 0.29) is 17.9 Å². The van der Waals surface area contributed by atoms with Gasteiger partial charge in [-0.25, -0.2) is 5.84 Å². The van der Waals surface area contributed by atoms with Crippen LogP contribution in [0.5, 0.6) is 0 Å².